The molecule has 9 heteroatoms. The number of carbonyl (C=O) groups is 3. The van der Waals surface area contributed by atoms with E-state index in [0.717, 1.165) is 37.8 Å². The fourth-order valence-electron chi connectivity index (χ4n) is 4.61. The molecule has 3 heterocycles. The number of hydrogen-bond donors (Lipinski definition) is 3. The van der Waals surface area contributed by atoms with Crippen LogP contribution in [-0.2, 0) is 17.8 Å². The maximum absolute atomic E-state index is 12.8. The molecule has 3 atom stereocenters. The van der Waals surface area contributed by atoms with Gasteiger partial charge in [0.15, 0.2) is 0 Å². The van der Waals surface area contributed by atoms with Crippen molar-refractivity contribution in [1.29, 1.82) is 0 Å². The molecule has 4 rings (SSSR count). The molecule has 3 aliphatic rings. The van der Waals surface area contributed by atoms with E-state index < -0.39 is 5.91 Å². The highest BCUT2D eigenvalue weighted by molar-refractivity contribution is 5.93. The fourth-order valence-corrected chi connectivity index (χ4v) is 4.61. The van der Waals surface area contributed by atoms with E-state index in [2.05, 4.69) is 15.7 Å². The van der Waals surface area contributed by atoms with Crippen molar-refractivity contribution < 1.29 is 14.4 Å². The van der Waals surface area contributed by atoms with Crippen LogP contribution in [-0.4, -0.2) is 57.7 Å². The second-order valence-corrected chi connectivity index (χ2v) is 7.79. The summed E-state index contributed by atoms with van der Waals surface area (Å²) in [4.78, 5) is 37.9. The van der Waals surface area contributed by atoms with Gasteiger partial charge in [-0.15, -0.1) is 0 Å². The Hall–Kier alpha value is -2.58. The summed E-state index contributed by atoms with van der Waals surface area (Å²) in [5.74, 6) is -0.332. The average Bonchev–Trinajstić information content (AvgIpc) is 3.09. The Bertz CT molecular complexity index is 760. The van der Waals surface area contributed by atoms with Crippen LogP contribution in [0.1, 0.15) is 48.2 Å². The minimum absolute atomic E-state index is 0.0768. The maximum Gasteiger partial charge on any atom is 0.318 e. The molecule has 4 amide bonds. The van der Waals surface area contributed by atoms with Crippen LogP contribution in [0.3, 0.4) is 0 Å². The number of piperazine rings is 1. The first-order valence-corrected chi connectivity index (χ1v) is 9.71. The van der Waals surface area contributed by atoms with Gasteiger partial charge in [0.2, 0.25) is 5.91 Å². The number of hydrogen-bond acceptors (Lipinski definition) is 4. The highest BCUT2D eigenvalue weighted by atomic mass is 16.2. The van der Waals surface area contributed by atoms with Gasteiger partial charge in [0, 0.05) is 19.1 Å². The fraction of sp³-hybridized carbons (Fsp3) is 0.667. The van der Waals surface area contributed by atoms with Crippen LogP contribution in [0.25, 0.3) is 0 Å². The van der Waals surface area contributed by atoms with Gasteiger partial charge in [-0.1, -0.05) is 12.8 Å². The number of nitrogens with zero attached hydrogens (tertiary/aromatic N) is 3. The lowest BCUT2D eigenvalue weighted by molar-refractivity contribution is -0.126. The van der Waals surface area contributed by atoms with Crippen molar-refractivity contribution in [2.24, 2.45) is 11.7 Å². The first-order valence-electron chi connectivity index (χ1n) is 9.71. The first kappa shape index (κ1) is 17.8. The standard InChI is InChI=1S/C18H26N6O3/c19-17(26)12-9-21-24-6-5-11(7-15(12)24)8-20-18(27)23-10-16(25)22-13-3-1-2-4-14(13)23/h9,11,13-14H,1-8,10H2,(H2,19,26)(H,20,27)(H,22,25). The second-order valence-electron chi connectivity index (χ2n) is 7.79. The summed E-state index contributed by atoms with van der Waals surface area (Å²) < 4.78 is 1.82. The Morgan fingerprint density at radius 1 is 1.30 bits per heavy atom. The Kier molecular flexibility index (Phi) is 4.75. The van der Waals surface area contributed by atoms with Gasteiger partial charge < -0.3 is 21.3 Å². The van der Waals surface area contributed by atoms with E-state index >= 15 is 0 Å². The molecule has 1 aliphatic carbocycles. The van der Waals surface area contributed by atoms with Crippen LogP contribution in [0.2, 0.25) is 0 Å². The third-order valence-corrected chi connectivity index (χ3v) is 6.04. The summed E-state index contributed by atoms with van der Waals surface area (Å²) in [6.45, 7) is 1.34. The van der Waals surface area contributed by atoms with E-state index in [9.17, 15) is 14.4 Å². The molecular formula is C18H26N6O3. The quantitative estimate of drug-likeness (QED) is 0.689. The Balaban J connectivity index is 1.37. The normalized spacial score (nSPS) is 27.3. The Labute approximate surface area is 157 Å². The van der Waals surface area contributed by atoms with Gasteiger partial charge >= 0.3 is 6.03 Å². The molecule has 1 saturated carbocycles. The van der Waals surface area contributed by atoms with Crippen molar-refractivity contribution in [3.05, 3.63) is 17.5 Å². The van der Waals surface area contributed by atoms with Crippen LogP contribution in [0, 0.1) is 5.92 Å². The smallest absolute Gasteiger partial charge is 0.318 e. The van der Waals surface area contributed by atoms with E-state index in [0.29, 0.717) is 25.1 Å². The monoisotopic (exact) mass is 374 g/mol. The summed E-state index contributed by atoms with van der Waals surface area (Å²) >= 11 is 0. The van der Waals surface area contributed by atoms with E-state index in [1.54, 1.807) is 4.90 Å². The summed E-state index contributed by atoms with van der Waals surface area (Å²) in [5.41, 5.74) is 6.72. The van der Waals surface area contributed by atoms with Gasteiger partial charge in [0.1, 0.15) is 6.54 Å². The van der Waals surface area contributed by atoms with Crippen LogP contribution in [0.15, 0.2) is 6.20 Å². The number of rotatable bonds is 3. The van der Waals surface area contributed by atoms with Crippen LogP contribution < -0.4 is 16.4 Å². The molecule has 9 nitrogen and oxygen atoms in total. The Morgan fingerprint density at radius 2 is 2.11 bits per heavy atom. The van der Waals surface area contributed by atoms with E-state index in [-0.39, 0.29) is 36.5 Å². The number of nitrogens with two attached hydrogens (primary N) is 1. The molecule has 1 saturated heterocycles. The zero-order valence-corrected chi connectivity index (χ0v) is 15.3. The van der Waals surface area contributed by atoms with Crippen molar-refractivity contribution >= 4 is 17.8 Å². The molecule has 146 valence electrons. The number of aromatic nitrogens is 2. The van der Waals surface area contributed by atoms with Crippen molar-refractivity contribution in [3.63, 3.8) is 0 Å². The molecule has 1 aromatic heterocycles. The summed E-state index contributed by atoms with van der Waals surface area (Å²) in [7, 11) is 0. The zero-order chi connectivity index (χ0) is 19.0. The predicted octanol–water partition coefficient (Wildman–Crippen LogP) is -0.00300. The number of fused-ring (bicyclic) bond motifs is 2. The summed E-state index contributed by atoms with van der Waals surface area (Å²) in [5, 5.41) is 10.2. The van der Waals surface area contributed by atoms with Crippen molar-refractivity contribution in [1.82, 2.24) is 25.3 Å². The average molecular weight is 374 g/mol. The third-order valence-electron chi connectivity index (χ3n) is 6.04. The maximum atomic E-state index is 12.8. The van der Waals surface area contributed by atoms with Crippen LogP contribution in [0.4, 0.5) is 4.79 Å². The molecule has 3 unspecified atom stereocenters. The molecule has 2 aliphatic heterocycles. The third kappa shape index (κ3) is 3.50. The molecule has 27 heavy (non-hydrogen) atoms. The minimum atomic E-state index is -0.469. The van der Waals surface area contributed by atoms with Crippen molar-refractivity contribution in [3.8, 4) is 0 Å². The summed E-state index contributed by atoms with van der Waals surface area (Å²) in [6.07, 6.45) is 7.10. The largest absolute Gasteiger partial charge is 0.365 e. The minimum Gasteiger partial charge on any atom is -0.365 e. The van der Waals surface area contributed by atoms with Crippen molar-refractivity contribution in [2.45, 2.75) is 57.2 Å². The number of urea groups is 1. The number of amides is 4. The van der Waals surface area contributed by atoms with Gasteiger partial charge in [-0.3, -0.25) is 14.3 Å². The number of nitrogens with one attached hydrogen (secondary N) is 2. The van der Waals surface area contributed by atoms with Gasteiger partial charge in [0.25, 0.3) is 5.91 Å². The highest BCUT2D eigenvalue weighted by Gasteiger charge is 2.39. The SMILES string of the molecule is NC(=O)c1cnn2c1CC(CNC(=O)N1CC(=O)NC3CCCCC31)CC2. The molecule has 0 radical (unpaired) electrons. The number of primary amides is 1. The number of carbonyl (C=O) groups excluding carboxylic acids is 3. The summed E-state index contributed by atoms with van der Waals surface area (Å²) in [6, 6.07) is -0.00503. The highest BCUT2D eigenvalue weighted by Crippen LogP contribution is 2.26. The topological polar surface area (TPSA) is 122 Å². The molecule has 4 N–H and O–H groups in total. The van der Waals surface area contributed by atoms with E-state index in [4.69, 9.17) is 5.73 Å². The van der Waals surface area contributed by atoms with Gasteiger partial charge in [0.05, 0.1) is 23.5 Å². The first-order chi connectivity index (χ1) is 13.0. The lowest BCUT2D eigenvalue weighted by Gasteiger charge is -2.43. The molecule has 2 fully saturated rings. The molecular weight excluding hydrogens is 348 g/mol. The van der Waals surface area contributed by atoms with Gasteiger partial charge in [-0.25, -0.2) is 4.79 Å². The van der Waals surface area contributed by atoms with Gasteiger partial charge in [-0.05, 0) is 31.6 Å². The second kappa shape index (κ2) is 7.21. The van der Waals surface area contributed by atoms with E-state index in [1.807, 2.05) is 4.68 Å². The predicted molar refractivity (Wildman–Crippen MR) is 96.8 cm³/mol. The molecule has 0 spiro atoms. The lowest BCUT2D eigenvalue weighted by atomic mass is 9.87. The van der Waals surface area contributed by atoms with Gasteiger partial charge in [-0.2, -0.15) is 5.10 Å². The molecule has 0 bridgehead atoms. The molecule has 1 aromatic rings. The lowest BCUT2D eigenvalue weighted by Crippen LogP contribution is -2.64. The van der Waals surface area contributed by atoms with Crippen LogP contribution >= 0.6 is 0 Å². The molecule has 0 aromatic carbocycles. The van der Waals surface area contributed by atoms with Crippen LogP contribution in [0.5, 0.6) is 0 Å². The zero-order valence-electron chi connectivity index (χ0n) is 15.3. The Morgan fingerprint density at radius 3 is 2.93 bits per heavy atom. The van der Waals surface area contributed by atoms with Crippen molar-refractivity contribution in [2.75, 3.05) is 13.1 Å². The number of aryl methyl sites for hydroxylation is 1. The van der Waals surface area contributed by atoms with E-state index in [1.165, 1.54) is 6.20 Å².